The van der Waals surface area contributed by atoms with E-state index in [4.69, 9.17) is 4.74 Å². The van der Waals surface area contributed by atoms with Crippen LogP contribution in [0, 0.1) is 6.92 Å². The van der Waals surface area contributed by atoms with Gasteiger partial charge in [0.2, 0.25) is 0 Å². The number of nitrogens with zero attached hydrogens (tertiary/aromatic N) is 2. The summed E-state index contributed by atoms with van der Waals surface area (Å²) >= 11 is 1.47. The van der Waals surface area contributed by atoms with E-state index in [0.29, 0.717) is 12.1 Å². The van der Waals surface area contributed by atoms with Crippen LogP contribution in [-0.2, 0) is 20.9 Å². The molecule has 0 bridgehead atoms. The van der Waals surface area contributed by atoms with Crippen molar-refractivity contribution >= 4 is 29.2 Å². The topological polar surface area (TPSA) is 88.6 Å². The molecule has 1 saturated heterocycles. The summed E-state index contributed by atoms with van der Waals surface area (Å²) in [4.78, 5) is 41.6. The van der Waals surface area contributed by atoms with Crippen molar-refractivity contribution in [1.82, 2.24) is 15.2 Å². The van der Waals surface area contributed by atoms with Gasteiger partial charge in [0, 0.05) is 10.9 Å². The Hall–Kier alpha value is -2.74. The molecule has 0 radical (unpaired) electrons. The van der Waals surface area contributed by atoms with Crippen LogP contribution in [0.4, 0.5) is 4.79 Å². The molecule has 8 heteroatoms. The minimum Gasteiger partial charge on any atom is -0.458 e. The van der Waals surface area contributed by atoms with E-state index in [-0.39, 0.29) is 6.61 Å². The van der Waals surface area contributed by atoms with Crippen LogP contribution in [0.2, 0.25) is 0 Å². The highest BCUT2D eigenvalue weighted by molar-refractivity contribution is 7.13. The fourth-order valence-electron chi connectivity index (χ4n) is 2.66. The van der Waals surface area contributed by atoms with Crippen LogP contribution in [0.5, 0.6) is 0 Å². The Bertz CT molecular complexity index is 877. The number of ether oxygens (including phenoxy) is 1. The molecule has 1 N–H and O–H groups in total. The second kappa shape index (κ2) is 7.48. The lowest BCUT2D eigenvalue weighted by atomic mass is 9.99. The van der Waals surface area contributed by atoms with Gasteiger partial charge in [-0.05, 0) is 20.3 Å². The summed E-state index contributed by atoms with van der Waals surface area (Å²) < 4.78 is 5.19. The molecule has 2 heterocycles. The Labute approximate surface area is 161 Å². The van der Waals surface area contributed by atoms with Crippen molar-refractivity contribution < 1.29 is 19.1 Å². The molecule has 0 saturated carbocycles. The smallest absolute Gasteiger partial charge is 0.326 e. The van der Waals surface area contributed by atoms with Crippen molar-refractivity contribution in [2.24, 2.45) is 0 Å². The second-order valence-electron chi connectivity index (χ2n) is 6.68. The Morgan fingerprint density at radius 2 is 2.00 bits per heavy atom. The van der Waals surface area contributed by atoms with Gasteiger partial charge >= 0.3 is 12.0 Å². The minimum atomic E-state index is -0.963. The lowest BCUT2D eigenvalue weighted by Gasteiger charge is -2.18. The maximum atomic E-state index is 12.3. The molecule has 1 aromatic heterocycles. The minimum absolute atomic E-state index is 0.00408. The third-order valence-corrected chi connectivity index (χ3v) is 5.51. The van der Waals surface area contributed by atoms with E-state index in [0.717, 1.165) is 15.5 Å². The molecule has 1 aromatic carbocycles. The number of hydrogen-bond acceptors (Lipinski definition) is 6. The number of imide groups is 1. The number of carbonyl (C=O) groups is 3. The first-order valence-electron chi connectivity index (χ1n) is 8.63. The number of thiazole rings is 1. The number of rotatable bonds is 6. The summed E-state index contributed by atoms with van der Waals surface area (Å²) in [6.45, 7) is 5.05. The van der Waals surface area contributed by atoms with Gasteiger partial charge in [0.05, 0.1) is 5.69 Å². The maximum absolute atomic E-state index is 12.3. The Morgan fingerprint density at radius 1 is 1.30 bits per heavy atom. The highest BCUT2D eigenvalue weighted by atomic mass is 32.1. The van der Waals surface area contributed by atoms with E-state index in [9.17, 15) is 14.4 Å². The largest absolute Gasteiger partial charge is 0.458 e. The van der Waals surface area contributed by atoms with Gasteiger partial charge in [0.15, 0.2) is 0 Å². The Morgan fingerprint density at radius 3 is 2.63 bits per heavy atom. The van der Waals surface area contributed by atoms with Gasteiger partial charge in [0.25, 0.3) is 5.91 Å². The molecule has 0 aliphatic carbocycles. The zero-order valence-corrected chi connectivity index (χ0v) is 16.3. The summed E-state index contributed by atoms with van der Waals surface area (Å²) in [7, 11) is 0. The fourth-order valence-corrected chi connectivity index (χ4v) is 3.47. The van der Waals surface area contributed by atoms with E-state index < -0.39 is 30.0 Å². The lowest BCUT2D eigenvalue weighted by Crippen LogP contribution is -2.43. The number of carbonyl (C=O) groups excluding carboxylic acids is 3. The predicted octanol–water partition coefficient (Wildman–Crippen LogP) is 2.88. The van der Waals surface area contributed by atoms with Gasteiger partial charge in [-0.1, -0.05) is 36.8 Å². The highest BCUT2D eigenvalue weighted by Crippen LogP contribution is 2.24. The molecule has 1 fully saturated rings. The number of aromatic nitrogens is 1. The number of amides is 3. The molecule has 1 aliphatic rings. The summed E-state index contributed by atoms with van der Waals surface area (Å²) in [6, 6.07) is 7.44. The van der Waals surface area contributed by atoms with E-state index in [2.05, 4.69) is 10.3 Å². The first-order valence-corrected chi connectivity index (χ1v) is 9.51. The number of hydrogen-bond donors (Lipinski definition) is 1. The van der Waals surface area contributed by atoms with Crippen molar-refractivity contribution in [2.75, 3.05) is 6.54 Å². The summed E-state index contributed by atoms with van der Waals surface area (Å²) in [5.41, 5.74) is 1.83. The van der Waals surface area contributed by atoms with Crippen molar-refractivity contribution in [1.29, 1.82) is 0 Å². The van der Waals surface area contributed by atoms with Gasteiger partial charge < -0.3 is 10.1 Å². The summed E-state index contributed by atoms with van der Waals surface area (Å²) in [5, 5.41) is 5.27. The van der Waals surface area contributed by atoms with Crippen molar-refractivity contribution in [3.8, 4) is 10.6 Å². The average Bonchev–Trinajstić information content (AvgIpc) is 3.20. The molecule has 3 rings (SSSR count). The van der Waals surface area contributed by atoms with Crippen LogP contribution >= 0.6 is 11.3 Å². The molecule has 0 unspecified atom stereocenters. The van der Waals surface area contributed by atoms with E-state index in [1.54, 1.807) is 13.8 Å². The van der Waals surface area contributed by atoms with Crippen LogP contribution in [0.25, 0.3) is 10.6 Å². The quantitative estimate of drug-likeness (QED) is 0.608. The molecular formula is C19H21N3O4S. The number of esters is 1. The summed E-state index contributed by atoms with van der Waals surface area (Å²) in [5.74, 6) is -1.06. The normalized spacial score (nSPS) is 19.3. The molecule has 3 amide bonds. The van der Waals surface area contributed by atoms with Gasteiger partial charge in [-0.25, -0.2) is 9.78 Å². The van der Waals surface area contributed by atoms with Gasteiger partial charge in [0.1, 0.15) is 23.7 Å². The predicted molar refractivity (Wildman–Crippen MR) is 101 cm³/mol. The third-order valence-electron chi connectivity index (χ3n) is 4.57. The van der Waals surface area contributed by atoms with Crippen LogP contribution in [-0.4, -0.2) is 39.9 Å². The van der Waals surface area contributed by atoms with Crippen molar-refractivity contribution in [3.05, 3.63) is 40.9 Å². The molecule has 1 atom stereocenters. The van der Waals surface area contributed by atoms with Crippen LogP contribution in [0.15, 0.2) is 29.6 Å². The van der Waals surface area contributed by atoms with Gasteiger partial charge in [-0.2, -0.15) is 0 Å². The second-order valence-corrected chi connectivity index (χ2v) is 7.54. The average molecular weight is 387 g/mol. The molecular weight excluding hydrogens is 366 g/mol. The number of nitrogens with one attached hydrogen (secondary N) is 1. The standard InChI is InChI=1S/C19H21N3O4S/c1-4-19(3)17(24)22(18(25)21-19)9-15(23)26-10-14-11-27-16(20-14)13-7-5-12(2)6-8-13/h5-8,11H,4,9-10H2,1-3H3,(H,21,25)/t19-/m0/s1. The van der Waals surface area contributed by atoms with Gasteiger partial charge in [-0.3, -0.25) is 14.5 Å². The number of urea groups is 1. The zero-order chi connectivity index (χ0) is 19.6. The number of aryl methyl sites for hydroxylation is 1. The van der Waals surface area contributed by atoms with Crippen LogP contribution in [0.1, 0.15) is 31.5 Å². The summed E-state index contributed by atoms with van der Waals surface area (Å²) in [6.07, 6.45) is 0.448. The van der Waals surface area contributed by atoms with Crippen LogP contribution in [0.3, 0.4) is 0 Å². The monoisotopic (exact) mass is 387 g/mol. The SMILES string of the molecule is CC[C@]1(C)NC(=O)N(CC(=O)OCc2csc(-c3ccc(C)cc3)n2)C1=O. The highest BCUT2D eigenvalue weighted by Gasteiger charge is 2.47. The molecule has 27 heavy (non-hydrogen) atoms. The Balaban J connectivity index is 1.56. The fraction of sp³-hybridized carbons (Fsp3) is 0.368. The van der Waals surface area contributed by atoms with E-state index in [1.807, 2.05) is 36.6 Å². The third kappa shape index (κ3) is 4.00. The lowest BCUT2D eigenvalue weighted by molar-refractivity contribution is -0.148. The molecule has 2 aromatic rings. The molecule has 7 nitrogen and oxygen atoms in total. The van der Waals surface area contributed by atoms with Crippen LogP contribution < -0.4 is 5.32 Å². The van der Waals surface area contributed by atoms with Gasteiger partial charge in [-0.15, -0.1) is 11.3 Å². The molecule has 0 spiro atoms. The zero-order valence-electron chi connectivity index (χ0n) is 15.4. The molecule has 1 aliphatic heterocycles. The van der Waals surface area contributed by atoms with Crippen molar-refractivity contribution in [3.63, 3.8) is 0 Å². The first kappa shape index (κ1) is 19.0. The molecule has 142 valence electrons. The first-order chi connectivity index (χ1) is 12.8. The van der Waals surface area contributed by atoms with E-state index in [1.165, 1.54) is 16.9 Å². The maximum Gasteiger partial charge on any atom is 0.326 e. The Kier molecular flexibility index (Phi) is 5.27. The number of benzene rings is 1. The van der Waals surface area contributed by atoms with Crippen molar-refractivity contribution in [2.45, 2.75) is 39.3 Å². The van der Waals surface area contributed by atoms with E-state index >= 15 is 0 Å².